The first-order chi connectivity index (χ1) is 13.0. The van der Waals surface area contributed by atoms with Crippen molar-refractivity contribution in [2.24, 2.45) is 0 Å². The summed E-state index contributed by atoms with van der Waals surface area (Å²) in [5.74, 6) is 0. The van der Waals surface area contributed by atoms with Crippen molar-refractivity contribution >= 4 is 0 Å². The van der Waals surface area contributed by atoms with Crippen LogP contribution in [-0.2, 0) is 21.8 Å². The summed E-state index contributed by atoms with van der Waals surface area (Å²) in [4.78, 5) is 0. The van der Waals surface area contributed by atoms with Crippen LogP contribution in [0.4, 0.5) is 0 Å². The molecule has 2 unspecified atom stereocenters. The van der Waals surface area contributed by atoms with Gasteiger partial charge in [-0.1, -0.05) is 73.6 Å². The Kier molecular flexibility index (Phi) is 4.03. The molecular weight excluding hydrogens is 338 g/mol. The molecule has 1 aliphatic heterocycles. The normalized spacial score (nSPS) is 25.6. The standard InChI is InChI=1S/C27H36N/c1-9-26-15-16-27(26,10-2)28-18-20(25(6,7)8)12-14-23(28)21-13-11-19(17-22(21)26)24(3,4)5/h11-18H,9-10H2,1-8H3/q+1. The number of hydrogen-bond acceptors (Lipinski definition) is 0. The molecule has 2 atom stereocenters. The SMILES string of the molecule is CCC12C=CC1(CC)[n+]1cc(C(C)(C)C)ccc1-c1ccc(C(C)(C)C)cc12. The van der Waals surface area contributed by atoms with E-state index >= 15 is 0 Å². The van der Waals surface area contributed by atoms with Gasteiger partial charge in [-0.25, -0.2) is 0 Å². The maximum atomic E-state index is 2.61. The van der Waals surface area contributed by atoms with Crippen molar-refractivity contribution in [2.45, 2.75) is 90.0 Å². The first-order valence-electron chi connectivity index (χ1n) is 10.9. The van der Waals surface area contributed by atoms with Crippen LogP contribution in [0.1, 0.15) is 84.9 Å². The van der Waals surface area contributed by atoms with Crippen LogP contribution in [0.15, 0.2) is 48.7 Å². The predicted octanol–water partition coefficient (Wildman–Crippen LogP) is 6.57. The summed E-state index contributed by atoms with van der Waals surface area (Å²) in [6.45, 7) is 18.6. The lowest BCUT2D eigenvalue weighted by Crippen LogP contribution is -2.72. The second-order valence-corrected chi connectivity index (χ2v) is 10.9. The molecule has 0 saturated carbocycles. The van der Waals surface area contributed by atoms with Gasteiger partial charge in [-0.3, -0.25) is 0 Å². The third kappa shape index (κ3) is 2.34. The van der Waals surface area contributed by atoms with Crippen LogP contribution in [0.25, 0.3) is 11.3 Å². The zero-order valence-electron chi connectivity index (χ0n) is 19.0. The zero-order chi connectivity index (χ0) is 20.5. The van der Waals surface area contributed by atoms with Gasteiger partial charge in [0.05, 0.1) is 11.0 Å². The number of nitrogens with zero attached hydrogens (tertiary/aromatic N) is 1. The zero-order valence-corrected chi connectivity index (χ0v) is 19.0. The fourth-order valence-electron chi connectivity index (χ4n) is 5.41. The minimum atomic E-state index is 0.0435. The van der Waals surface area contributed by atoms with Gasteiger partial charge in [-0.2, -0.15) is 4.57 Å². The fourth-order valence-corrected chi connectivity index (χ4v) is 5.41. The summed E-state index contributed by atoms with van der Waals surface area (Å²) < 4.78 is 2.61. The number of pyridine rings is 1. The molecule has 1 aromatic heterocycles. The molecule has 0 radical (unpaired) electrons. The highest BCUT2D eigenvalue weighted by Gasteiger charge is 2.64. The second kappa shape index (κ2) is 5.81. The lowest BCUT2D eigenvalue weighted by atomic mass is 9.52. The van der Waals surface area contributed by atoms with Crippen molar-refractivity contribution in [2.75, 3.05) is 0 Å². The van der Waals surface area contributed by atoms with Crippen LogP contribution in [0.3, 0.4) is 0 Å². The van der Waals surface area contributed by atoms with Gasteiger partial charge in [0.1, 0.15) is 0 Å². The Morgan fingerprint density at radius 2 is 1.43 bits per heavy atom. The highest BCUT2D eigenvalue weighted by molar-refractivity contribution is 5.70. The average molecular weight is 375 g/mol. The van der Waals surface area contributed by atoms with Crippen molar-refractivity contribution in [1.29, 1.82) is 0 Å². The highest BCUT2D eigenvalue weighted by Crippen LogP contribution is 2.57. The molecule has 1 aromatic carbocycles. The van der Waals surface area contributed by atoms with E-state index in [1.165, 1.54) is 27.9 Å². The molecule has 4 rings (SSSR count). The van der Waals surface area contributed by atoms with Gasteiger partial charge in [-0.05, 0) is 46.6 Å². The molecule has 148 valence electrons. The Morgan fingerprint density at radius 3 is 1.93 bits per heavy atom. The molecule has 0 spiro atoms. The van der Waals surface area contributed by atoms with E-state index in [9.17, 15) is 0 Å². The summed E-state index contributed by atoms with van der Waals surface area (Å²) in [5, 5.41) is 0. The summed E-state index contributed by atoms with van der Waals surface area (Å²) in [6.07, 6.45) is 9.64. The molecular formula is C27H36N+. The van der Waals surface area contributed by atoms with Crippen LogP contribution < -0.4 is 4.57 Å². The highest BCUT2D eigenvalue weighted by atomic mass is 15.1. The van der Waals surface area contributed by atoms with Gasteiger partial charge in [0.25, 0.3) is 0 Å². The summed E-state index contributed by atoms with van der Waals surface area (Å²) in [6, 6.07) is 11.9. The van der Waals surface area contributed by atoms with Crippen molar-refractivity contribution < 1.29 is 4.57 Å². The largest absolute Gasteiger partial charge is 0.213 e. The maximum absolute atomic E-state index is 2.61. The van der Waals surface area contributed by atoms with E-state index in [1.807, 2.05) is 0 Å². The van der Waals surface area contributed by atoms with E-state index in [0.29, 0.717) is 0 Å². The smallest absolute Gasteiger partial charge is 0.188 e. The summed E-state index contributed by atoms with van der Waals surface area (Å²) in [7, 11) is 0. The van der Waals surface area contributed by atoms with Crippen molar-refractivity contribution in [3.63, 3.8) is 0 Å². The predicted molar refractivity (Wildman–Crippen MR) is 119 cm³/mol. The molecule has 0 bridgehead atoms. The van der Waals surface area contributed by atoms with Crippen molar-refractivity contribution in [1.82, 2.24) is 0 Å². The third-order valence-electron chi connectivity index (χ3n) is 7.40. The average Bonchev–Trinajstić information content (AvgIpc) is 2.60. The first kappa shape index (κ1) is 19.4. The summed E-state index contributed by atoms with van der Waals surface area (Å²) in [5.41, 5.74) is 7.57. The molecule has 28 heavy (non-hydrogen) atoms. The molecule has 2 aliphatic rings. The molecule has 0 fully saturated rings. The lowest BCUT2D eigenvalue weighted by molar-refractivity contribution is -0.759. The Morgan fingerprint density at radius 1 is 0.786 bits per heavy atom. The second-order valence-electron chi connectivity index (χ2n) is 10.9. The Hall–Kier alpha value is -1.89. The van der Waals surface area contributed by atoms with Gasteiger partial charge in [0, 0.05) is 18.1 Å². The Labute approximate surface area is 171 Å². The lowest BCUT2D eigenvalue weighted by Gasteiger charge is -2.52. The number of rotatable bonds is 2. The number of aromatic nitrogens is 1. The Balaban J connectivity index is 2.07. The Bertz CT molecular complexity index is 887. The van der Waals surface area contributed by atoms with Crippen molar-refractivity contribution in [3.8, 4) is 11.3 Å². The van der Waals surface area contributed by atoms with Gasteiger partial charge in [0.15, 0.2) is 11.7 Å². The topological polar surface area (TPSA) is 3.88 Å². The van der Waals surface area contributed by atoms with E-state index in [-0.39, 0.29) is 21.8 Å². The number of fused-ring (bicyclic) bond motifs is 6. The van der Waals surface area contributed by atoms with E-state index in [4.69, 9.17) is 0 Å². The molecule has 0 amide bonds. The first-order valence-corrected chi connectivity index (χ1v) is 10.9. The van der Waals surface area contributed by atoms with Gasteiger partial charge in [0.2, 0.25) is 5.69 Å². The van der Waals surface area contributed by atoms with Crippen LogP contribution >= 0.6 is 0 Å². The van der Waals surface area contributed by atoms with Gasteiger partial charge >= 0.3 is 0 Å². The van der Waals surface area contributed by atoms with Crippen molar-refractivity contribution in [3.05, 3.63) is 65.4 Å². The monoisotopic (exact) mass is 374 g/mol. The number of allylic oxidation sites excluding steroid dienone is 2. The van der Waals surface area contributed by atoms with E-state index < -0.39 is 0 Å². The molecule has 1 nitrogen and oxygen atoms in total. The minimum absolute atomic E-state index is 0.0435. The third-order valence-corrected chi connectivity index (χ3v) is 7.40. The van der Waals surface area contributed by atoms with Crippen LogP contribution in [0.5, 0.6) is 0 Å². The number of benzene rings is 1. The molecule has 0 N–H and O–H groups in total. The van der Waals surface area contributed by atoms with E-state index in [2.05, 4.69) is 109 Å². The minimum Gasteiger partial charge on any atom is -0.188 e. The maximum Gasteiger partial charge on any atom is 0.213 e. The van der Waals surface area contributed by atoms with Crippen LogP contribution in [-0.4, -0.2) is 0 Å². The van der Waals surface area contributed by atoms with Gasteiger partial charge in [-0.15, -0.1) is 0 Å². The molecule has 1 heteroatoms. The van der Waals surface area contributed by atoms with Crippen LogP contribution in [0.2, 0.25) is 0 Å². The number of hydrogen-bond donors (Lipinski definition) is 0. The molecule has 1 aliphatic carbocycles. The molecule has 2 heterocycles. The molecule has 2 aromatic rings. The van der Waals surface area contributed by atoms with Gasteiger partial charge < -0.3 is 0 Å². The fraction of sp³-hybridized carbons (Fsp3) is 0.519. The van der Waals surface area contributed by atoms with Crippen LogP contribution in [0, 0.1) is 0 Å². The quantitative estimate of drug-likeness (QED) is 0.413. The van der Waals surface area contributed by atoms with E-state index in [0.717, 1.165) is 12.8 Å². The molecule has 0 saturated heterocycles. The summed E-state index contributed by atoms with van der Waals surface area (Å²) >= 11 is 0. The van der Waals surface area contributed by atoms with E-state index in [1.54, 1.807) is 0 Å².